The average Bonchev–Trinajstić information content (AvgIpc) is 3.29. The Labute approximate surface area is 150 Å². The normalized spacial score (nSPS) is 16.3. The van der Waals surface area contributed by atoms with Crippen molar-refractivity contribution in [1.82, 2.24) is 10.2 Å². The van der Waals surface area contributed by atoms with Crippen LogP contribution in [0.4, 0.5) is 10.7 Å². The highest BCUT2D eigenvalue weighted by atomic mass is 16.4. The summed E-state index contributed by atoms with van der Waals surface area (Å²) in [5.74, 6) is -0.0110. The van der Waals surface area contributed by atoms with E-state index in [0.717, 1.165) is 18.0 Å². The summed E-state index contributed by atoms with van der Waals surface area (Å²) in [5, 5.41) is 2.16. The molecule has 26 heavy (non-hydrogen) atoms. The number of carbonyl (C=O) groups excluding carboxylic acids is 3. The zero-order chi connectivity index (χ0) is 18.7. The van der Waals surface area contributed by atoms with E-state index in [1.54, 1.807) is 24.3 Å². The topological polar surface area (TPSA) is 96.0 Å². The molecule has 1 fully saturated rings. The molecule has 2 aromatic rings. The van der Waals surface area contributed by atoms with Gasteiger partial charge in [0.25, 0.3) is 11.8 Å². The van der Waals surface area contributed by atoms with Gasteiger partial charge in [-0.15, -0.1) is 0 Å². The van der Waals surface area contributed by atoms with Gasteiger partial charge in [0.2, 0.25) is 0 Å². The van der Waals surface area contributed by atoms with Crippen molar-refractivity contribution in [1.29, 1.82) is 0 Å². The molecule has 1 N–H and O–H groups in total. The minimum Gasteiger partial charge on any atom is -0.467 e. The summed E-state index contributed by atoms with van der Waals surface area (Å²) >= 11 is 0. The second-order valence-electron chi connectivity index (χ2n) is 5.64. The Morgan fingerprint density at radius 1 is 1.15 bits per heavy atom. The van der Waals surface area contributed by atoms with Crippen LogP contribution in [0.1, 0.15) is 25.4 Å². The van der Waals surface area contributed by atoms with Gasteiger partial charge in [0.15, 0.2) is 5.88 Å². The molecule has 0 saturated carbocycles. The zero-order valence-corrected chi connectivity index (χ0v) is 14.5. The lowest BCUT2D eigenvalue weighted by Gasteiger charge is -2.25. The van der Waals surface area contributed by atoms with Crippen LogP contribution in [0, 0.1) is 0 Å². The molecule has 8 nitrogen and oxygen atoms in total. The Bertz CT molecular complexity index is 846. The molecule has 1 aliphatic rings. The first-order chi connectivity index (χ1) is 12.5. The summed E-state index contributed by atoms with van der Waals surface area (Å²) in [6.07, 6.45) is 2.79. The van der Waals surface area contributed by atoms with Gasteiger partial charge in [-0.05, 0) is 38.1 Å². The van der Waals surface area contributed by atoms with Crippen molar-refractivity contribution < 1.29 is 23.2 Å². The number of anilines is 1. The van der Waals surface area contributed by atoms with Crippen LogP contribution in [-0.4, -0.2) is 35.8 Å². The Morgan fingerprint density at radius 3 is 2.58 bits per heavy atom. The molecule has 8 heteroatoms. The highest BCUT2D eigenvalue weighted by molar-refractivity contribution is 6.30. The third-order valence-corrected chi connectivity index (χ3v) is 4.05. The van der Waals surface area contributed by atoms with E-state index in [9.17, 15) is 14.4 Å². The molecule has 4 amide bonds. The van der Waals surface area contributed by atoms with Crippen LogP contribution in [0.15, 0.2) is 44.9 Å². The molecule has 0 aromatic carbocycles. The quantitative estimate of drug-likeness (QED) is 0.630. The number of furan rings is 2. The van der Waals surface area contributed by atoms with Gasteiger partial charge < -0.3 is 13.7 Å². The van der Waals surface area contributed by atoms with Gasteiger partial charge in [-0.1, -0.05) is 0 Å². The van der Waals surface area contributed by atoms with E-state index < -0.39 is 17.8 Å². The third-order valence-electron chi connectivity index (χ3n) is 4.05. The van der Waals surface area contributed by atoms with E-state index in [2.05, 4.69) is 5.32 Å². The molecule has 0 radical (unpaired) electrons. The number of hydrogen-bond donors (Lipinski definition) is 1. The standard InChI is InChI=1S/C18H19N3O5/c1-3-20(4-2)15-8-7-12(26-15)10-14-16(22)19-18(24)21(17(14)23)11-13-6-5-9-25-13/h5-10H,3-4,11H2,1-2H3,(H,19,22,24)/b14-10+. The molecule has 1 aliphatic heterocycles. The second kappa shape index (κ2) is 7.30. The van der Waals surface area contributed by atoms with Crippen molar-refractivity contribution >= 4 is 29.8 Å². The van der Waals surface area contributed by atoms with E-state index >= 15 is 0 Å². The molecule has 1 saturated heterocycles. The Balaban J connectivity index is 1.85. The van der Waals surface area contributed by atoms with Gasteiger partial charge in [-0.2, -0.15) is 0 Å². The molecule has 0 unspecified atom stereocenters. The zero-order valence-electron chi connectivity index (χ0n) is 14.5. The lowest BCUT2D eigenvalue weighted by Crippen LogP contribution is -2.53. The van der Waals surface area contributed by atoms with Crippen LogP contribution < -0.4 is 10.2 Å². The summed E-state index contributed by atoms with van der Waals surface area (Å²) in [6, 6.07) is 5.96. The minimum atomic E-state index is -0.781. The van der Waals surface area contributed by atoms with Crippen LogP contribution in [0.25, 0.3) is 6.08 Å². The minimum absolute atomic E-state index is 0.0643. The Morgan fingerprint density at radius 2 is 1.92 bits per heavy atom. The van der Waals surface area contributed by atoms with Gasteiger partial charge >= 0.3 is 6.03 Å². The first kappa shape index (κ1) is 17.5. The molecular formula is C18H19N3O5. The van der Waals surface area contributed by atoms with Crippen molar-refractivity contribution in [3.05, 3.63) is 47.6 Å². The van der Waals surface area contributed by atoms with Crippen molar-refractivity contribution in [2.45, 2.75) is 20.4 Å². The van der Waals surface area contributed by atoms with E-state index in [-0.39, 0.29) is 12.1 Å². The third kappa shape index (κ3) is 3.39. The number of carbonyl (C=O) groups is 3. The number of imide groups is 2. The molecule has 0 bridgehead atoms. The first-order valence-corrected chi connectivity index (χ1v) is 8.29. The van der Waals surface area contributed by atoms with Crippen LogP contribution in [0.3, 0.4) is 0 Å². The van der Waals surface area contributed by atoms with Crippen LogP contribution >= 0.6 is 0 Å². The van der Waals surface area contributed by atoms with Crippen LogP contribution in [0.2, 0.25) is 0 Å². The number of nitrogens with zero attached hydrogens (tertiary/aromatic N) is 2. The lowest BCUT2D eigenvalue weighted by molar-refractivity contribution is -0.130. The fraction of sp³-hybridized carbons (Fsp3) is 0.278. The number of rotatable bonds is 6. The monoisotopic (exact) mass is 357 g/mol. The molecule has 3 heterocycles. The smallest absolute Gasteiger partial charge is 0.331 e. The van der Waals surface area contributed by atoms with Crippen molar-refractivity contribution in [3.8, 4) is 0 Å². The summed E-state index contributed by atoms with van der Waals surface area (Å²) in [6.45, 7) is 5.47. The van der Waals surface area contributed by atoms with E-state index in [1.807, 2.05) is 18.7 Å². The summed E-state index contributed by atoms with van der Waals surface area (Å²) < 4.78 is 10.9. The SMILES string of the molecule is CCN(CC)c1ccc(/C=C2\C(=O)NC(=O)N(Cc3ccco3)C2=O)o1. The van der Waals surface area contributed by atoms with E-state index in [1.165, 1.54) is 12.3 Å². The number of urea groups is 1. The highest BCUT2D eigenvalue weighted by Crippen LogP contribution is 2.22. The summed E-state index contributed by atoms with van der Waals surface area (Å²) in [7, 11) is 0. The van der Waals surface area contributed by atoms with Gasteiger partial charge in [-0.25, -0.2) is 4.79 Å². The molecule has 0 spiro atoms. The fourth-order valence-corrected chi connectivity index (χ4v) is 2.66. The number of hydrogen-bond acceptors (Lipinski definition) is 6. The van der Waals surface area contributed by atoms with E-state index in [0.29, 0.717) is 17.4 Å². The van der Waals surface area contributed by atoms with Crippen LogP contribution in [-0.2, 0) is 16.1 Å². The maximum absolute atomic E-state index is 12.6. The highest BCUT2D eigenvalue weighted by Gasteiger charge is 2.36. The molecular weight excluding hydrogens is 338 g/mol. The largest absolute Gasteiger partial charge is 0.467 e. The number of nitrogens with one attached hydrogen (secondary N) is 1. The van der Waals surface area contributed by atoms with Gasteiger partial charge in [0.1, 0.15) is 17.1 Å². The lowest BCUT2D eigenvalue weighted by atomic mass is 10.1. The van der Waals surface area contributed by atoms with Crippen molar-refractivity contribution in [2.24, 2.45) is 0 Å². The van der Waals surface area contributed by atoms with Gasteiger partial charge in [-0.3, -0.25) is 19.8 Å². The molecule has 3 rings (SSSR count). The molecule has 136 valence electrons. The Hall–Kier alpha value is -3.29. The van der Waals surface area contributed by atoms with Gasteiger partial charge in [0, 0.05) is 19.2 Å². The van der Waals surface area contributed by atoms with Crippen molar-refractivity contribution in [2.75, 3.05) is 18.0 Å². The molecule has 2 aromatic heterocycles. The summed E-state index contributed by atoms with van der Waals surface area (Å²) in [4.78, 5) is 39.6. The first-order valence-electron chi connectivity index (χ1n) is 8.29. The predicted octanol–water partition coefficient (Wildman–Crippen LogP) is 2.38. The van der Waals surface area contributed by atoms with Gasteiger partial charge in [0.05, 0.1) is 12.8 Å². The maximum Gasteiger partial charge on any atom is 0.331 e. The molecule has 0 aliphatic carbocycles. The van der Waals surface area contributed by atoms with Crippen molar-refractivity contribution in [3.63, 3.8) is 0 Å². The summed E-state index contributed by atoms with van der Waals surface area (Å²) in [5.41, 5.74) is -0.170. The number of amides is 4. The van der Waals surface area contributed by atoms with E-state index in [4.69, 9.17) is 8.83 Å². The van der Waals surface area contributed by atoms with Crippen LogP contribution in [0.5, 0.6) is 0 Å². The second-order valence-corrected chi connectivity index (χ2v) is 5.64. The maximum atomic E-state index is 12.6. The molecule has 0 atom stereocenters. The average molecular weight is 357 g/mol. The predicted molar refractivity (Wildman–Crippen MR) is 93.0 cm³/mol. The Kier molecular flexibility index (Phi) is 4.92. The number of barbiturate groups is 1. The fourth-order valence-electron chi connectivity index (χ4n) is 2.66.